The number of hydrogen-bond donors (Lipinski definition) is 2. The van der Waals surface area contributed by atoms with Gasteiger partial charge in [-0.1, -0.05) is 30.3 Å². The fraction of sp³-hybridized carbons (Fsp3) is 0.273. The van der Waals surface area contributed by atoms with Crippen molar-refractivity contribution in [3.05, 3.63) is 70.8 Å². The van der Waals surface area contributed by atoms with Gasteiger partial charge in [-0.05, 0) is 44.0 Å². The van der Waals surface area contributed by atoms with E-state index in [1.54, 1.807) is 13.8 Å². The second-order valence-corrected chi connectivity index (χ2v) is 7.64. The predicted molar refractivity (Wildman–Crippen MR) is 105 cm³/mol. The van der Waals surface area contributed by atoms with Crippen molar-refractivity contribution in [1.82, 2.24) is 10.2 Å². The number of carboxylic acids is 1. The minimum absolute atomic E-state index is 0.166. The van der Waals surface area contributed by atoms with Crippen molar-refractivity contribution in [3.8, 4) is 0 Å². The lowest BCUT2D eigenvalue weighted by molar-refractivity contribution is -0.147. The fourth-order valence-corrected chi connectivity index (χ4v) is 3.04. The highest BCUT2D eigenvalue weighted by atomic mass is 16.4. The van der Waals surface area contributed by atoms with Crippen LogP contribution in [0.1, 0.15) is 56.9 Å². The third kappa shape index (κ3) is 4.18. The number of nitrogens with zero attached hydrogens (tertiary/aromatic N) is 1. The van der Waals surface area contributed by atoms with E-state index in [0.29, 0.717) is 0 Å². The number of carbonyl (C=O) groups excluding carboxylic acids is 3. The van der Waals surface area contributed by atoms with Crippen LogP contribution >= 0.6 is 0 Å². The van der Waals surface area contributed by atoms with E-state index in [2.05, 4.69) is 5.32 Å². The van der Waals surface area contributed by atoms with Gasteiger partial charge in [-0.3, -0.25) is 24.1 Å². The van der Waals surface area contributed by atoms with Gasteiger partial charge in [-0.2, -0.15) is 0 Å². The molecule has 7 nitrogen and oxygen atoms in total. The molecule has 2 aromatic rings. The van der Waals surface area contributed by atoms with E-state index in [1.165, 1.54) is 18.2 Å². The number of nitrogens with one attached hydrogen (secondary N) is 1. The molecule has 0 atom stereocenters. The van der Waals surface area contributed by atoms with E-state index >= 15 is 0 Å². The number of imide groups is 1. The van der Waals surface area contributed by atoms with E-state index in [4.69, 9.17) is 5.11 Å². The molecule has 0 aromatic heterocycles. The summed E-state index contributed by atoms with van der Waals surface area (Å²) in [6.07, 6.45) is 0.265. The Morgan fingerprint density at radius 3 is 2.31 bits per heavy atom. The molecule has 0 unspecified atom stereocenters. The summed E-state index contributed by atoms with van der Waals surface area (Å²) in [5.74, 6) is -2.18. The molecule has 2 aromatic carbocycles. The Balaban J connectivity index is 1.71. The van der Waals surface area contributed by atoms with Crippen LogP contribution in [0.3, 0.4) is 0 Å². The molecule has 0 fully saturated rings. The average molecular weight is 394 g/mol. The SMILES string of the molecule is CC(C)(CCNC(=O)c1ccc2c(c1)C(=O)N(Cc1ccccc1)C2=O)C(=O)O. The lowest BCUT2D eigenvalue weighted by Gasteiger charge is -2.18. The Morgan fingerprint density at radius 1 is 1.00 bits per heavy atom. The summed E-state index contributed by atoms with van der Waals surface area (Å²) >= 11 is 0. The molecule has 3 rings (SSSR count). The first-order valence-corrected chi connectivity index (χ1v) is 9.26. The number of hydrogen-bond acceptors (Lipinski definition) is 4. The molecule has 0 aliphatic carbocycles. The van der Waals surface area contributed by atoms with Crippen LogP contribution in [0, 0.1) is 5.41 Å². The number of aliphatic carboxylic acids is 1. The van der Waals surface area contributed by atoms with Crippen molar-refractivity contribution in [2.75, 3.05) is 6.54 Å². The summed E-state index contributed by atoms with van der Waals surface area (Å²) in [5, 5.41) is 11.8. The minimum atomic E-state index is -0.953. The molecule has 1 heterocycles. The third-order valence-electron chi connectivity index (χ3n) is 5.03. The van der Waals surface area contributed by atoms with Crippen LogP contribution in [0.5, 0.6) is 0 Å². The topological polar surface area (TPSA) is 104 Å². The standard InChI is InChI=1S/C22H22N2O5/c1-22(2,21(28)29)10-11-23-18(25)15-8-9-16-17(12-15)20(27)24(19(16)26)13-14-6-4-3-5-7-14/h3-9,12H,10-11,13H2,1-2H3,(H,23,25)(H,28,29). The highest BCUT2D eigenvalue weighted by Gasteiger charge is 2.36. The first kappa shape index (κ1) is 20.3. The molecular formula is C22H22N2O5. The van der Waals surface area contributed by atoms with Crippen molar-refractivity contribution >= 4 is 23.7 Å². The second kappa shape index (κ2) is 7.87. The maximum Gasteiger partial charge on any atom is 0.309 e. The number of benzene rings is 2. The molecule has 0 saturated carbocycles. The molecule has 2 N–H and O–H groups in total. The summed E-state index contributed by atoms with van der Waals surface area (Å²) in [6, 6.07) is 13.6. The molecule has 1 aliphatic rings. The number of carbonyl (C=O) groups is 4. The summed E-state index contributed by atoms with van der Waals surface area (Å²) in [5.41, 5.74) is 0.602. The molecule has 3 amide bonds. The molecular weight excluding hydrogens is 372 g/mol. The van der Waals surface area contributed by atoms with Gasteiger partial charge >= 0.3 is 5.97 Å². The van der Waals surface area contributed by atoms with Gasteiger partial charge in [0.25, 0.3) is 17.7 Å². The first-order valence-electron chi connectivity index (χ1n) is 9.26. The van der Waals surface area contributed by atoms with Gasteiger partial charge in [-0.15, -0.1) is 0 Å². The Hall–Kier alpha value is -3.48. The Labute approximate surface area is 168 Å². The van der Waals surface area contributed by atoms with Crippen LogP contribution in [-0.4, -0.2) is 40.2 Å². The molecule has 150 valence electrons. The summed E-state index contributed by atoms with van der Waals surface area (Å²) in [6.45, 7) is 3.52. The normalized spacial score (nSPS) is 13.4. The van der Waals surface area contributed by atoms with Crippen LogP contribution in [0.15, 0.2) is 48.5 Å². The van der Waals surface area contributed by atoms with Gasteiger partial charge < -0.3 is 10.4 Å². The molecule has 0 saturated heterocycles. The fourth-order valence-electron chi connectivity index (χ4n) is 3.04. The van der Waals surface area contributed by atoms with Crippen LogP contribution in [0.25, 0.3) is 0 Å². The molecule has 0 bridgehead atoms. The number of amides is 3. The average Bonchev–Trinajstić information content (AvgIpc) is 2.93. The van der Waals surface area contributed by atoms with E-state index in [9.17, 15) is 19.2 Å². The molecule has 0 radical (unpaired) electrons. The van der Waals surface area contributed by atoms with Crippen molar-refractivity contribution in [2.24, 2.45) is 5.41 Å². The third-order valence-corrected chi connectivity index (χ3v) is 5.03. The van der Waals surface area contributed by atoms with Crippen molar-refractivity contribution in [1.29, 1.82) is 0 Å². The van der Waals surface area contributed by atoms with Crippen LogP contribution in [0.4, 0.5) is 0 Å². The zero-order chi connectivity index (χ0) is 21.2. The van der Waals surface area contributed by atoms with Crippen molar-refractivity contribution < 1.29 is 24.3 Å². The van der Waals surface area contributed by atoms with E-state index < -0.39 is 23.2 Å². The van der Waals surface area contributed by atoms with Crippen LogP contribution in [0.2, 0.25) is 0 Å². The zero-order valence-electron chi connectivity index (χ0n) is 16.3. The number of fused-ring (bicyclic) bond motifs is 1. The molecule has 0 spiro atoms. The van der Waals surface area contributed by atoms with Crippen molar-refractivity contribution in [2.45, 2.75) is 26.8 Å². The highest BCUT2D eigenvalue weighted by molar-refractivity contribution is 6.22. The largest absolute Gasteiger partial charge is 0.481 e. The van der Waals surface area contributed by atoms with Gasteiger partial charge in [0.05, 0.1) is 23.1 Å². The Morgan fingerprint density at radius 2 is 1.66 bits per heavy atom. The van der Waals surface area contributed by atoms with Gasteiger partial charge in [0.1, 0.15) is 0 Å². The van der Waals surface area contributed by atoms with E-state index in [1.807, 2.05) is 30.3 Å². The quantitative estimate of drug-likeness (QED) is 0.703. The predicted octanol–water partition coefficient (Wildman–Crippen LogP) is 2.71. The smallest absolute Gasteiger partial charge is 0.309 e. The lowest BCUT2D eigenvalue weighted by atomic mass is 9.89. The minimum Gasteiger partial charge on any atom is -0.481 e. The monoisotopic (exact) mass is 394 g/mol. The van der Waals surface area contributed by atoms with Crippen LogP contribution < -0.4 is 5.32 Å². The van der Waals surface area contributed by atoms with Gasteiger partial charge in [0.2, 0.25) is 0 Å². The molecule has 29 heavy (non-hydrogen) atoms. The van der Waals surface area contributed by atoms with Crippen LogP contribution in [-0.2, 0) is 11.3 Å². The first-order chi connectivity index (χ1) is 13.7. The highest BCUT2D eigenvalue weighted by Crippen LogP contribution is 2.26. The van der Waals surface area contributed by atoms with Crippen molar-refractivity contribution in [3.63, 3.8) is 0 Å². The Bertz CT molecular complexity index is 982. The molecule has 1 aliphatic heterocycles. The van der Waals surface area contributed by atoms with Gasteiger partial charge in [-0.25, -0.2) is 0 Å². The second-order valence-electron chi connectivity index (χ2n) is 7.64. The van der Waals surface area contributed by atoms with E-state index in [0.717, 1.165) is 10.5 Å². The number of carboxylic acid groups (broad SMARTS) is 1. The molecule has 7 heteroatoms. The summed E-state index contributed by atoms with van der Waals surface area (Å²) in [4.78, 5) is 50.0. The maximum absolute atomic E-state index is 12.7. The zero-order valence-corrected chi connectivity index (χ0v) is 16.3. The van der Waals surface area contributed by atoms with E-state index in [-0.39, 0.29) is 42.1 Å². The summed E-state index contributed by atoms with van der Waals surface area (Å²) in [7, 11) is 0. The summed E-state index contributed by atoms with van der Waals surface area (Å²) < 4.78 is 0. The Kier molecular flexibility index (Phi) is 5.50. The maximum atomic E-state index is 12.7. The van der Waals surface area contributed by atoms with Gasteiger partial charge in [0, 0.05) is 12.1 Å². The number of rotatable bonds is 7. The van der Waals surface area contributed by atoms with Gasteiger partial charge in [0.15, 0.2) is 0 Å². The lowest BCUT2D eigenvalue weighted by Crippen LogP contribution is -2.32.